The molecule has 0 aliphatic carbocycles. The summed E-state index contributed by atoms with van der Waals surface area (Å²) in [5, 5.41) is 2.79. The molecule has 0 aliphatic heterocycles. The van der Waals surface area contributed by atoms with Crippen molar-refractivity contribution >= 4 is 21.6 Å². The van der Waals surface area contributed by atoms with Gasteiger partial charge in [0, 0.05) is 17.8 Å². The average Bonchev–Trinajstić information content (AvgIpc) is 2.62. The Morgan fingerprint density at radius 1 is 1.08 bits per heavy atom. The van der Waals surface area contributed by atoms with Gasteiger partial charge in [-0.2, -0.15) is 0 Å². The van der Waals surface area contributed by atoms with Crippen molar-refractivity contribution < 1.29 is 17.9 Å². The van der Waals surface area contributed by atoms with Gasteiger partial charge >= 0.3 is 0 Å². The van der Waals surface area contributed by atoms with Gasteiger partial charge in [-0.3, -0.25) is 4.79 Å². The maximum atomic E-state index is 12.5. The standard InChI is InChI=1S/C19H24N2O4S/c1-5-10-20-26(23,24)18-12-15(7-9-17(18)25-4)19(22)21-16-8-6-13(2)14(3)11-16/h6-9,11-12,20H,5,10H2,1-4H3,(H,21,22). The maximum absolute atomic E-state index is 12.5. The Morgan fingerprint density at radius 2 is 1.81 bits per heavy atom. The van der Waals surface area contributed by atoms with E-state index in [9.17, 15) is 13.2 Å². The summed E-state index contributed by atoms with van der Waals surface area (Å²) in [5.41, 5.74) is 3.08. The highest BCUT2D eigenvalue weighted by molar-refractivity contribution is 7.89. The summed E-state index contributed by atoms with van der Waals surface area (Å²) in [7, 11) is -2.37. The lowest BCUT2D eigenvalue weighted by Crippen LogP contribution is -2.25. The zero-order chi connectivity index (χ0) is 19.3. The van der Waals surface area contributed by atoms with Crippen LogP contribution in [0, 0.1) is 13.8 Å². The molecule has 0 fully saturated rings. The summed E-state index contributed by atoms with van der Waals surface area (Å²) in [6.07, 6.45) is 0.661. The Hall–Kier alpha value is -2.38. The molecule has 0 aromatic heterocycles. The fourth-order valence-electron chi connectivity index (χ4n) is 2.36. The molecule has 0 saturated carbocycles. The van der Waals surface area contributed by atoms with Crippen molar-refractivity contribution in [3.63, 3.8) is 0 Å². The minimum atomic E-state index is -3.76. The van der Waals surface area contributed by atoms with E-state index in [0.717, 1.165) is 11.1 Å². The molecule has 0 unspecified atom stereocenters. The van der Waals surface area contributed by atoms with Crippen LogP contribution in [0.1, 0.15) is 34.8 Å². The highest BCUT2D eigenvalue weighted by Gasteiger charge is 2.21. The summed E-state index contributed by atoms with van der Waals surface area (Å²) in [4.78, 5) is 12.5. The van der Waals surface area contributed by atoms with Gasteiger partial charge in [-0.25, -0.2) is 13.1 Å². The van der Waals surface area contributed by atoms with E-state index < -0.39 is 10.0 Å². The largest absolute Gasteiger partial charge is 0.495 e. The molecule has 1 amide bonds. The van der Waals surface area contributed by atoms with Gasteiger partial charge < -0.3 is 10.1 Å². The third-order valence-corrected chi connectivity index (χ3v) is 5.50. The molecule has 2 aromatic rings. The van der Waals surface area contributed by atoms with Crippen LogP contribution in [0.2, 0.25) is 0 Å². The number of benzene rings is 2. The first-order chi connectivity index (χ1) is 12.3. The van der Waals surface area contributed by atoms with Crippen LogP contribution in [0.5, 0.6) is 5.75 Å². The Kier molecular flexibility index (Phi) is 6.39. The number of sulfonamides is 1. The number of ether oxygens (including phenoxy) is 1. The monoisotopic (exact) mass is 376 g/mol. The molecular formula is C19H24N2O4S. The van der Waals surface area contributed by atoms with Gasteiger partial charge in [0.15, 0.2) is 0 Å². The van der Waals surface area contributed by atoms with Crippen LogP contribution >= 0.6 is 0 Å². The normalized spacial score (nSPS) is 11.2. The van der Waals surface area contributed by atoms with E-state index in [-0.39, 0.29) is 22.1 Å². The molecule has 6 nitrogen and oxygen atoms in total. The lowest BCUT2D eigenvalue weighted by atomic mass is 10.1. The molecule has 7 heteroatoms. The number of hydrogen-bond acceptors (Lipinski definition) is 4. The smallest absolute Gasteiger partial charge is 0.255 e. The first kappa shape index (κ1) is 19.9. The average molecular weight is 376 g/mol. The zero-order valence-electron chi connectivity index (χ0n) is 15.4. The number of carbonyl (C=O) groups excluding carboxylic acids is 1. The van der Waals surface area contributed by atoms with Gasteiger partial charge in [0.2, 0.25) is 10.0 Å². The summed E-state index contributed by atoms with van der Waals surface area (Å²) in [5.74, 6) is -0.195. The molecule has 140 valence electrons. The van der Waals surface area contributed by atoms with Crippen molar-refractivity contribution in [3.8, 4) is 5.75 Å². The third-order valence-electron chi connectivity index (χ3n) is 4.02. The van der Waals surface area contributed by atoms with Gasteiger partial charge in [0.25, 0.3) is 5.91 Å². The van der Waals surface area contributed by atoms with Crippen molar-refractivity contribution in [1.29, 1.82) is 0 Å². The highest BCUT2D eigenvalue weighted by Crippen LogP contribution is 2.25. The fraction of sp³-hybridized carbons (Fsp3) is 0.316. The van der Waals surface area contributed by atoms with Crippen LogP contribution in [0.4, 0.5) is 5.69 Å². The number of amides is 1. The molecule has 0 atom stereocenters. The number of anilines is 1. The van der Waals surface area contributed by atoms with E-state index in [4.69, 9.17) is 4.74 Å². The van der Waals surface area contributed by atoms with Crippen LogP contribution in [-0.4, -0.2) is 28.0 Å². The number of hydrogen-bond donors (Lipinski definition) is 2. The first-order valence-electron chi connectivity index (χ1n) is 8.34. The molecular weight excluding hydrogens is 352 g/mol. The van der Waals surface area contributed by atoms with Crippen LogP contribution in [0.25, 0.3) is 0 Å². The Labute approximate surface area is 154 Å². The maximum Gasteiger partial charge on any atom is 0.255 e. The van der Waals surface area contributed by atoms with Crippen molar-refractivity contribution in [3.05, 3.63) is 53.1 Å². The SMILES string of the molecule is CCCNS(=O)(=O)c1cc(C(=O)Nc2ccc(C)c(C)c2)ccc1OC. The summed E-state index contributed by atoms with van der Waals surface area (Å²) < 4.78 is 32.6. The number of rotatable bonds is 7. The molecule has 0 heterocycles. The van der Waals surface area contributed by atoms with Gasteiger partial charge in [0.05, 0.1) is 7.11 Å². The number of carbonyl (C=O) groups is 1. The highest BCUT2D eigenvalue weighted by atomic mass is 32.2. The van der Waals surface area contributed by atoms with E-state index >= 15 is 0 Å². The molecule has 2 N–H and O–H groups in total. The summed E-state index contributed by atoms with van der Waals surface area (Å²) in [6.45, 7) is 6.13. The van der Waals surface area contributed by atoms with E-state index in [0.29, 0.717) is 18.7 Å². The topological polar surface area (TPSA) is 84.5 Å². The van der Waals surface area contributed by atoms with Gasteiger partial charge in [-0.05, 0) is 61.7 Å². The van der Waals surface area contributed by atoms with Crippen LogP contribution < -0.4 is 14.8 Å². The van der Waals surface area contributed by atoms with Crippen molar-refractivity contribution in [2.45, 2.75) is 32.1 Å². The predicted octanol–water partition coefficient (Wildman–Crippen LogP) is 3.25. The molecule has 0 radical (unpaired) electrons. The molecule has 0 spiro atoms. The van der Waals surface area contributed by atoms with Crippen molar-refractivity contribution in [2.75, 3.05) is 19.0 Å². The van der Waals surface area contributed by atoms with Crippen LogP contribution in [0.3, 0.4) is 0 Å². The second kappa shape index (κ2) is 8.33. The van der Waals surface area contributed by atoms with E-state index in [2.05, 4.69) is 10.0 Å². The van der Waals surface area contributed by atoms with Crippen LogP contribution in [-0.2, 0) is 10.0 Å². The predicted molar refractivity (Wildman–Crippen MR) is 102 cm³/mol. The quantitative estimate of drug-likeness (QED) is 0.777. The second-order valence-electron chi connectivity index (χ2n) is 6.02. The fourth-order valence-corrected chi connectivity index (χ4v) is 3.69. The number of nitrogens with one attached hydrogen (secondary N) is 2. The number of aryl methyl sites for hydroxylation is 2. The molecule has 0 bridgehead atoms. The number of methoxy groups -OCH3 is 1. The van der Waals surface area contributed by atoms with Gasteiger partial charge in [-0.15, -0.1) is 0 Å². The first-order valence-corrected chi connectivity index (χ1v) is 9.83. The lowest BCUT2D eigenvalue weighted by molar-refractivity contribution is 0.102. The van der Waals surface area contributed by atoms with E-state index in [1.54, 1.807) is 0 Å². The van der Waals surface area contributed by atoms with Crippen molar-refractivity contribution in [1.82, 2.24) is 4.72 Å². The molecule has 0 saturated heterocycles. The van der Waals surface area contributed by atoms with Gasteiger partial charge in [-0.1, -0.05) is 13.0 Å². The molecule has 2 rings (SSSR count). The molecule has 26 heavy (non-hydrogen) atoms. The molecule has 2 aromatic carbocycles. The minimum absolute atomic E-state index is 0.0545. The Balaban J connectivity index is 2.33. The second-order valence-corrected chi connectivity index (χ2v) is 7.75. The summed E-state index contributed by atoms with van der Waals surface area (Å²) in [6, 6.07) is 9.95. The zero-order valence-corrected chi connectivity index (χ0v) is 16.2. The molecule has 0 aliphatic rings. The lowest BCUT2D eigenvalue weighted by Gasteiger charge is -2.13. The summed E-state index contributed by atoms with van der Waals surface area (Å²) >= 11 is 0. The van der Waals surface area contributed by atoms with Crippen molar-refractivity contribution in [2.24, 2.45) is 0 Å². The Bertz CT molecular complexity index is 908. The van der Waals surface area contributed by atoms with Crippen LogP contribution in [0.15, 0.2) is 41.3 Å². The minimum Gasteiger partial charge on any atom is -0.495 e. The third kappa shape index (κ3) is 4.62. The van der Waals surface area contributed by atoms with E-state index in [1.165, 1.54) is 25.3 Å². The van der Waals surface area contributed by atoms with E-state index in [1.807, 2.05) is 39.0 Å². The Morgan fingerprint density at radius 3 is 2.42 bits per heavy atom. The van der Waals surface area contributed by atoms with Gasteiger partial charge in [0.1, 0.15) is 10.6 Å².